The second kappa shape index (κ2) is 9.96. The Morgan fingerprint density at radius 2 is 1.68 bits per heavy atom. The molecule has 174 valence electrons. The number of hydrogen-bond acceptors (Lipinski definition) is 5. The molecule has 0 aliphatic heterocycles. The lowest BCUT2D eigenvalue weighted by atomic mass is 10.2. The quantitative estimate of drug-likeness (QED) is 0.225. The van der Waals surface area contributed by atoms with Gasteiger partial charge in [-0.1, -0.05) is 30.0 Å². The van der Waals surface area contributed by atoms with Gasteiger partial charge in [0.15, 0.2) is 5.16 Å². The van der Waals surface area contributed by atoms with E-state index in [4.69, 9.17) is 0 Å². The molecule has 0 aliphatic carbocycles. The van der Waals surface area contributed by atoms with Crippen LogP contribution in [-0.2, 0) is 4.79 Å². The van der Waals surface area contributed by atoms with E-state index in [0.717, 1.165) is 23.9 Å². The molecule has 1 amide bonds. The van der Waals surface area contributed by atoms with E-state index in [1.165, 1.54) is 34.9 Å². The number of hydrogen-bond donors (Lipinski definition) is 1. The van der Waals surface area contributed by atoms with Crippen LogP contribution in [0.2, 0.25) is 0 Å². The number of amides is 1. The minimum Gasteiger partial charge on any atom is -0.435 e. The van der Waals surface area contributed by atoms with Crippen molar-refractivity contribution in [3.63, 3.8) is 0 Å². The first-order valence-corrected chi connectivity index (χ1v) is 10.8. The van der Waals surface area contributed by atoms with Gasteiger partial charge in [0, 0.05) is 0 Å². The number of benzene rings is 3. The average molecular weight is 489 g/mol. The number of fused-ring (bicyclic) bond motifs is 1. The number of rotatable bonds is 7. The number of thioether (sulfide) groups is 1. The summed E-state index contributed by atoms with van der Waals surface area (Å²) in [6, 6.07) is 15.1. The lowest BCUT2D eigenvalue weighted by Crippen LogP contribution is -2.23. The van der Waals surface area contributed by atoms with Crippen LogP contribution in [0, 0.1) is 11.6 Å². The highest BCUT2D eigenvalue weighted by Gasteiger charge is 2.17. The Kier molecular flexibility index (Phi) is 6.82. The van der Waals surface area contributed by atoms with Crippen molar-refractivity contribution in [2.24, 2.45) is 0 Å². The van der Waals surface area contributed by atoms with E-state index < -0.39 is 35.4 Å². The molecule has 0 unspecified atom stereocenters. The van der Waals surface area contributed by atoms with Crippen molar-refractivity contribution in [1.82, 2.24) is 9.55 Å². The number of anilines is 1. The molecule has 0 fully saturated rings. The van der Waals surface area contributed by atoms with Crippen LogP contribution in [0.3, 0.4) is 0 Å². The summed E-state index contributed by atoms with van der Waals surface area (Å²) in [5, 5.41) is 2.60. The van der Waals surface area contributed by atoms with Gasteiger partial charge in [-0.25, -0.2) is 13.8 Å². The molecule has 0 saturated heterocycles. The van der Waals surface area contributed by atoms with E-state index in [2.05, 4.69) is 15.0 Å². The Labute approximate surface area is 194 Å². The molecule has 0 bridgehead atoms. The van der Waals surface area contributed by atoms with Crippen molar-refractivity contribution < 1.29 is 27.1 Å². The number of alkyl halides is 2. The van der Waals surface area contributed by atoms with Gasteiger partial charge in [0.05, 0.1) is 22.3 Å². The van der Waals surface area contributed by atoms with E-state index in [1.54, 1.807) is 24.3 Å². The highest BCUT2D eigenvalue weighted by Crippen LogP contribution is 2.24. The smallest absolute Gasteiger partial charge is 0.387 e. The first-order valence-electron chi connectivity index (χ1n) is 9.77. The van der Waals surface area contributed by atoms with Crippen molar-refractivity contribution in [3.8, 4) is 11.4 Å². The number of aromatic nitrogens is 2. The molecule has 6 nitrogen and oxygen atoms in total. The van der Waals surface area contributed by atoms with Crippen molar-refractivity contribution >= 4 is 34.3 Å². The zero-order valence-corrected chi connectivity index (χ0v) is 18.0. The van der Waals surface area contributed by atoms with Crippen LogP contribution in [0.4, 0.5) is 23.2 Å². The molecule has 34 heavy (non-hydrogen) atoms. The first-order chi connectivity index (χ1) is 16.3. The molecule has 11 heteroatoms. The maximum absolute atomic E-state index is 13.8. The van der Waals surface area contributed by atoms with E-state index in [1.807, 2.05) is 0 Å². The maximum atomic E-state index is 13.8. The Balaban J connectivity index is 1.66. The third-order valence-electron chi connectivity index (χ3n) is 4.62. The van der Waals surface area contributed by atoms with Gasteiger partial charge >= 0.3 is 6.61 Å². The Hall–Kier alpha value is -3.86. The van der Waals surface area contributed by atoms with Crippen molar-refractivity contribution in [1.29, 1.82) is 0 Å². The largest absolute Gasteiger partial charge is 0.435 e. The molecular formula is C23H15F4N3O3S. The normalized spacial score (nSPS) is 11.1. The van der Waals surface area contributed by atoms with Crippen LogP contribution in [0.1, 0.15) is 0 Å². The number of nitrogens with zero attached hydrogens (tertiary/aromatic N) is 2. The van der Waals surface area contributed by atoms with Gasteiger partial charge in [-0.3, -0.25) is 14.2 Å². The molecule has 1 aromatic heterocycles. The van der Waals surface area contributed by atoms with Gasteiger partial charge in [0.2, 0.25) is 5.91 Å². The van der Waals surface area contributed by atoms with Gasteiger partial charge in [-0.2, -0.15) is 8.78 Å². The van der Waals surface area contributed by atoms with Crippen LogP contribution in [0.5, 0.6) is 5.75 Å². The van der Waals surface area contributed by atoms with E-state index in [0.29, 0.717) is 16.6 Å². The molecule has 3 aromatic carbocycles. The summed E-state index contributed by atoms with van der Waals surface area (Å²) >= 11 is 0.868. The molecular weight excluding hydrogens is 474 g/mol. The fourth-order valence-corrected chi connectivity index (χ4v) is 3.95. The van der Waals surface area contributed by atoms with Crippen LogP contribution < -0.4 is 15.6 Å². The second-order valence-corrected chi connectivity index (χ2v) is 7.80. The molecule has 1 N–H and O–H groups in total. The highest BCUT2D eigenvalue weighted by molar-refractivity contribution is 7.99. The minimum absolute atomic E-state index is 0.0963. The van der Waals surface area contributed by atoms with Crippen LogP contribution in [0.15, 0.2) is 76.7 Å². The molecule has 0 spiro atoms. The van der Waals surface area contributed by atoms with Crippen LogP contribution in [-0.4, -0.2) is 27.8 Å². The summed E-state index contributed by atoms with van der Waals surface area (Å²) in [4.78, 5) is 30.0. The van der Waals surface area contributed by atoms with Gasteiger partial charge in [-0.05, 0) is 48.5 Å². The molecule has 1 heterocycles. The highest BCUT2D eigenvalue weighted by atomic mass is 32.2. The fourth-order valence-electron chi connectivity index (χ4n) is 3.14. The van der Waals surface area contributed by atoms with Gasteiger partial charge in [-0.15, -0.1) is 0 Å². The summed E-state index contributed by atoms with van der Waals surface area (Å²) < 4.78 is 58.1. The van der Waals surface area contributed by atoms with Crippen LogP contribution >= 0.6 is 11.8 Å². The monoisotopic (exact) mass is 489 g/mol. The van der Waals surface area contributed by atoms with Crippen molar-refractivity contribution in [3.05, 3.63) is 88.7 Å². The molecule has 0 radical (unpaired) electrons. The number of halogens is 4. The first kappa shape index (κ1) is 23.3. The minimum atomic E-state index is -3.00. The van der Waals surface area contributed by atoms with Gasteiger partial charge in [0.1, 0.15) is 23.1 Å². The third-order valence-corrected chi connectivity index (χ3v) is 5.56. The average Bonchev–Trinajstić information content (AvgIpc) is 2.81. The summed E-state index contributed by atoms with van der Waals surface area (Å²) in [7, 11) is 0. The lowest BCUT2D eigenvalue weighted by molar-refractivity contribution is -0.113. The molecule has 0 saturated carbocycles. The summed E-state index contributed by atoms with van der Waals surface area (Å²) in [5.41, 5.74) is -0.347. The zero-order valence-electron chi connectivity index (χ0n) is 17.2. The molecule has 4 rings (SSSR count). The number of nitrogens with one attached hydrogen (secondary N) is 1. The Morgan fingerprint density at radius 3 is 2.35 bits per heavy atom. The molecule has 4 aromatic rings. The number of para-hydroxylation sites is 2. The zero-order chi connectivity index (χ0) is 24.2. The van der Waals surface area contributed by atoms with E-state index in [9.17, 15) is 27.2 Å². The number of carbonyl (C=O) groups is 1. The van der Waals surface area contributed by atoms with Gasteiger partial charge in [0.25, 0.3) is 5.56 Å². The summed E-state index contributed by atoms with van der Waals surface area (Å²) in [6.45, 7) is -3.00. The number of carbonyl (C=O) groups excluding carboxylic acids is 1. The van der Waals surface area contributed by atoms with E-state index in [-0.39, 0.29) is 16.7 Å². The Bertz CT molecular complexity index is 1390. The Morgan fingerprint density at radius 1 is 1.00 bits per heavy atom. The predicted octanol–water partition coefficient (Wildman–Crippen LogP) is 5.00. The third kappa shape index (κ3) is 5.04. The number of ether oxygens (including phenoxy) is 1. The van der Waals surface area contributed by atoms with Crippen LogP contribution in [0.25, 0.3) is 16.6 Å². The van der Waals surface area contributed by atoms with Crippen molar-refractivity contribution in [2.75, 3.05) is 11.1 Å². The topological polar surface area (TPSA) is 73.2 Å². The summed E-state index contributed by atoms with van der Waals surface area (Å²) in [5.74, 6) is -2.98. The van der Waals surface area contributed by atoms with Gasteiger partial charge < -0.3 is 10.1 Å². The standard InChI is InChI=1S/C23H15F4N3O3S/c24-16-5-3-6-17(25)20(16)29-19(31)12-34-23-28-18-7-2-1-4-15(18)21(32)30(23)13-8-10-14(11-9-13)33-22(26)27/h1-11,22H,12H2,(H,29,31). The maximum Gasteiger partial charge on any atom is 0.387 e. The van der Waals surface area contributed by atoms with E-state index >= 15 is 0 Å². The lowest BCUT2D eigenvalue weighted by Gasteiger charge is -2.14. The SMILES string of the molecule is O=C(CSc1nc2ccccc2c(=O)n1-c1ccc(OC(F)F)cc1)Nc1c(F)cccc1F. The fraction of sp³-hybridized carbons (Fsp3) is 0.0870. The molecule has 0 aliphatic rings. The van der Waals surface area contributed by atoms with Crippen molar-refractivity contribution in [2.45, 2.75) is 11.8 Å². The second-order valence-electron chi connectivity index (χ2n) is 6.86. The summed E-state index contributed by atoms with van der Waals surface area (Å²) in [6.07, 6.45) is 0. The molecule has 0 atom stereocenters. The predicted molar refractivity (Wildman–Crippen MR) is 120 cm³/mol.